The number of unbranched alkanes of at least 4 members (excludes halogenated alkanes) is 22. The van der Waals surface area contributed by atoms with Crippen LogP contribution < -0.4 is 0 Å². The molecule has 0 rings (SSSR count). The molecule has 0 radical (unpaired) electrons. The topological polar surface area (TPSA) is 61.8 Å². The van der Waals surface area contributed by atoms with Crippen molar-refractivity contribution in [3.63, 3.8) is 0 Å². The second-order valence-electron chi connectivity index (χ2n) is 18.4. The summed E-state index contributed by atoms with van der Waals surface area (Å²) in [7, 11) is 0. The highest BCUT2D eigenvalue weighted by Gasteiger charge is 2.17. The molecule has 0 heterocycles. The molecule has 0 fully saturated rings. The molecule has 1 unspecified atom stereocenters. The van der Waals surface area contributed by atoms with Gasteiger partial charge in [-0.25, -0.2) is 0 Å². The zero-order chi connectivity index (χ0) is 49.2. The molecule has 68 heavy (non-hydrogen) atoms. The standard InChI is InChI=1S/C63H106O5/c1-4-7-10-13-16-19-22-25-28-31-32-34-35-38-41-44-47-50-53-56-62(64)67-60-61(59-66-58-55-52-49-46-43-40-37-30-27-24-21-18-15-12-9-6-3)68-63(65)57-54-51-48-45-42-39-36-33-29-26-23-20-17-14-11-8-5-2/h7-8,10-11,16-17,19-20,25-26,28-29,32,34,36,38-39,41,61H,4-6,9,12-15,18,21-24,27,30-31,33,35,37,40,42-60H2,1-3H3/b10-7-,11-8-,19-16-,20-17-,28-25-,29-26-,34-32-,39-36-,41-38-. The average Bonchev–Trinajstić information content (AvgIpc) is 3.34. The first-order chi connectivity index (χ1) is 33.6. The van der Waals surface area contributed by atoms with Crippen LogP contribution in [0.4, 0.5) is 0 Å². The predicted molar refractivity (Wildman–Crippen MR) is 297 cm³/mol. The highest BCUT2D eigenvalue weighted by molar-refractivity contribution is 5.70. The van der Waals surface area contributed by atoms with Crippen molar-refractivity contribution in [2.45, 2.75) is 258 Å². The van der Waals surface area contributed by atoms with Gasteiger partial charge in [-0.1, -0.05) is 246 Å². The SMILES string of the molecule is CC/C=C\C/C=C\C/C=C\C/C=C\C/C=C\CCCCCC(=O)OCC(COCCCCCCCCCCCCCCCCCC)OC(=O)CCCCCC/C=C\C/C=C\C/C=C\C/C=C\CC. The summed E-state index contributed by atoms with van der Waals surface area (Å²) < 4.78 is 17.4. The van der Waals surface area contributed by atoms with Crippen molar-refractivity contribution in [3.05, 3.63) is 109 Å². The molecule has 0 spiro atoms. The number of carbonyl (C=O) groups excluding carboxylic acids is 2. The summed E-state index contributed by atoms with van der Waals surface area (Å²) in [6.45, 7) is 7.56. The summed E-state index contributed by atoms with van der Waals surface area (Å²) in [6, 6.07) is 0. The molecule has 0 N–H and O–H groups in total. The molecule has 0 saturated heterocycles. The second kappa shape index (κ2) is 57.9. The van der Waals surface area contributed by atoms with Crippen LogP contribution in [0.15, 0.2) is 109 Å². The van der Waals surface area contributed by atoms with Crippen molar-refractivity contribution in [2.75, 3.05) is 19.8 Å². The molecule has 0 aromatic rings. The molecule has 5 nitrogen and oxygen atoms in total. The first-order valence-electron chi connectivity index (χ1n) is 28.4. The Morgan fingerprint density at radius 1 is 0.338 bits per heavy atom. The zero-order valence-corrected chi connectivity index (χ0v) is 44.6. The van der Waals surface area contributed by atoms with Gasteiger partial charge in [0.05, 0.1) is 6.61 Å². The van der Waals surface area contributed by atoms with Crippen molar-refractivity contribution >= 4 is 11.9 Å². The molecule has 388 valence electrons. The van der Waals surface area contributed by atoms with Crippen LogP contribution in [0, 0.1) is 0 Å². The van der Waals surface area contributed by atoms with Gasteiger partial charge in [-0.15, -0.1) is 0 Å². The molecule has 0 aromatic heterocycles. The lowest BCUT2D eigenvalue weighted by atomic mass is 10.0. The van der Waals surface area contributed by atoms with Crippen LogP contribution in [0.2, 0.25) is 0 Å². The molecular weight excluding hydrogens is 837 g/mol. The Hall–Kier alpha value is -3.44. The Morgan fingerprint density at radius 3 is 1.07 bits per heavy atom. The van der Waals surface area contributed by atoms with E-state index in [1.54, 1.807) is 0 Å². The van der Waals surface area contributed by atoms with Gasteiger partial charge in [0, 0.05) is 19.4 Å². The molecule has 1 atom stereocenters. The van der Waals surface area contributed by atoms with E-state index >= 15 is 0 Å². The number of allylic oxidation sites excluding steroid dienone is 18. The summed E-state index contributed by atoms with van der Waals surface area (Å²) in [6.07, 6.45) is 79.6. The molecule has 0 aromatic carbocycles. The molecule has 0 aliphatic carbocycles. The lowest BCUT2D eigenvalue weighted by Crippen LogP contribution is -2.30. The first-order valence-corrected chi connectivity index (χ1v) is 28.4. The van der Waals surface area contributed by atoms with Gasteiger partial charge in [0.2, 0.25) is 0 Å². The fourth-order valence-corrected chi connectivity index (χ4v) is 7.65. The fraction of sp³-hybridized carbons (Fsp3) is 0.683. The smallest absolute Gasteiger partial charge is 0.306 e. The van der Waals surface area contributed by atoms with E-state index in [4.69, 9.17) is 14.2 Å². The minimum Gasteiger partial charge on any atom is -0.462 e. The van der Waals surface area contributed by atoms with E-state index in [9.17, 15) is 9.59 Å². The average molecular weight is 944 g/mol. The minimum atomic E-state index is -0.569. The molecular formula is C63H106O5. The van der Waals surface area contributed by atoms with Gasteiger partial charge in [-0.05, 0) is 103 Å². The third-order valence-electron chi connectivity index (χ3n) is 11.8. The minimum absolute atomic E-state index is 0.0540. The highest BCUT2D eigenvalue weighted by atomic mass is 16.6. The van der Waals surface area contributed by atoms with Crippen LogP contribution in [-0.4, -0.2) is 37.9 Å². The van der Waals surface area contributed by atoms with E-state index < -0.39 is 6.10 Å². The summed E-state index contributed by atoms with van der Waals surface area (Å²) in [5.41, 5.74) is 0. The molecule has 0 aliphatic heterocycles. The van der Waals surface area contributed by atoms with Gasteiger partial charge in [0.1, 0.15) is 6.61 Å². The van der Waals surface area contributed by atoms with Gasteiger partial charge in [0.25, 0.3) is 0 Å². The van der Waals surface area contributed by atoms with E-state index in [1.807, 2.05) is 0 Å². The maximum absolute atomic E-state index is 12.9. The monoisotopic (exact) mass is 943 g/mol. The maximum atomic E-state index is 12.9. The van der Waals surface area contributed by atoms with E-state index in [0.717, 1.165) is 128 Å². The summed E-state index contributed by atoms with van der Waals surface area (Å²) in [5, 5.41) is 0. The third kappa shape index (κ3) is 55.2. The van der Waals surface area contributed by atoms with E-state index in [-0.39, 0.29) is 25.2 Å². The first kappa shape index (κ1) is 64.6. The van der Waals surface area contributed by atoms with E-state index in [1.165, 1.54) is 89.9 Å². The van der Waals surface area contributed by atoms with Crippen LogP contribution in [0.1, 0.15) is 252 Å². The molecule has 5 heteroatoms. The van der Waals surface area contributed by atoms with Gasteiger partial charge in [0.15, 0.2) is 6.10 Å². The summed E-state index contributed by atoms with van der Waals surface area (Å²) in [4.78, 5) is 25.5. The van der Waals surface area contributed by atoms with Gasteiger partial charge >= 0.3 is 11.9 Å². The van der Waals surface area contributed by atoms with Crippen LogP contribution >= 0.6 is 0 Å². The normalized spacial score (nSPS) is 13.0. The lowest BCUT2D eigenvalue weighted by Gasteiger charge is -2.18. The molecule has 0 aliphatic rings. The number of carbonyl (C=O) groups is 2. The Bertz CT molecular complexity index is 1340. The molecule has 0 saturated carbocycles. The Labute approximate surface area is 421 Å². The van der Waals surface area contributed by atoms with Crippen LogP contribution in [0.5, 0.6) is 0 Å². The summed E-state index contributed by atoms with van der Waals surface area (Å²) >= 11 is 0. The fourth-order valence-electron chi connectivity index (χ4n) is 7.65. The van der Waals surface area contributed by atoms with Crippen molar-refractivity contribution in [2.24, 2.45) is 0 Å². The van der Waals surface area contributed by atoms with E-state index in [0.29, 0.717) is 19.4 Å². The predicted octanol–water partition coefficient (Wildman–Crippen LogP) is 19.6. The van der Waals surface area contributed by atoms with Gasteiger partial charge in [-0.2, -0.15) is 0 Å². The molecule has 0 amide bonds. The van der Waals surface area contributed by atoms with Crippen molar-refractivity contribution < 1.29 is 23.8 Å². The maximum Gasteiger partial charge on any atom is 0.306 e. The number of ether oxygens (including phenoxy) is 3. The van der Waals surface area contributed by atoms with Gasteiger partial charge in [-0.3, -0.25) is 9.59 Å². The van der Waals surface area contributed by atoms with Crippen LogP contribution in [-0.2, 0) is 23.8 Å². The number of esters is 2. The Morgan fingerprint density at radius 2 is 0.662 bits per heavy atom. The van der Waals surface area contributed by atoms with E-state index in [2.05, 4.69) is 130 Å². The number of rotatable bonds is 51. The third-order valence-corrected chi connectivity index (χ3v) is 11.8. The largest absolute Gasteiger partial charge is 0.462 e. The van der Waals surface area contributed by atoms with Crippen molar-refractivity contribution in [1.29, 1.82) is 0 Å². The molecule has 0 bridgehead atoms. The van der Waals surface area contributed by atoms with Crippen molar-refractivity contribution in [3.8, 4) is 0 Å². The Kier molecular flexibility index (Phi) is 54.9. The van der Waals surface area contributed by atoms with Crippen LogP contribution in [0.25, 0.3) is 0 Å². The van der Waals surface area contributed by atoms with Gasteiger partial charge < -0.3 is 14.2 Å². The summed E-state index contributed by atoms with van der Waals surface area (Å²) in [5.74, 6) is -0.460. The van der Waals surface area contributed by atoms with Crippen molar-refractivity contribution in [1.82, 2.24) is 0 Å². The Balaban J connectivity index is 4.39. The highest BCUT2D eigenvalue weighted by Crippen LogP contribution is 2.15. The quantitative estimate of drug-likeness (QED) is 0.0345. The number of hydrogen-bond donors (Lipinski definition) is 0. The number of hydrogen-bond acceptors (Lipinski definition) is 5. The zero-order valence-electron chi connectivity index (χ0n) is 44.6. The lowest BCUT2D eigenvalue weighted by molar-refractivity contribution is -0.163. The van der Waals surface area contributed by atoms with Crippen LogP contribution in [0.3, 0.4) is 0 Å². The second-order valence-corrected chi connectivity index (χ2v) is 18.4.